The molecule has 6 nitrogen and oxygen atoms in total. The van der Waals surface area contributed by atoms with Crippen LogP contribution in [0.4, 0.5) is 0 Å². The number of ether oxygens (including phenoxy) is 2. The first-order valence-electron chi connectivity index (χ1n) is 9.90. The fourth-order valence-electron chi connectivity index (χ4n) is 2.88. The summed E-state index contributed by atoms with van der Waals surface area (Å²) < 4.78 is 10.8. The summed E-state index contributed by atoms with van der Waals surface area (Å²) in [6.07, 6.45) is 0.943. The number of methoxy groups -OCH3 is 1. The Morgan fingerprint density at radius 1 is 0.966 bits per heavy atom. The third-order valence-corrected chi connectivity index (χ3v) is 4.72. The molecule has 1 atom stereocenters. The molecule has 0 radical (unpaired) electrons. The maximum atomic E-state index is 12.9. The van der Waals surface area contributed by atoms with Crippen molar-refractivity contribution < 1.29 is 19.1 Å². The first kappa shape index (κ1) is 22.3. The van der Waals surface area contributed by atoms with Crippen LogP contribution in [-0.2, 0) is 22.6 Å². The molecule has 6 heteroatoms. The zero-order valence-electron chi connectivity index (χ0n) is 17.6. The minimum absolute atomic E-state index is 0.134. The molecule has 0 saturated heterocycles. The van der Waals surface area contributed by atoms with Gasteiger partial charge < -0.3 is 19.7 Å². The lowest BCUT2D eigenvalue weighted by atomic mass is 10.1. The van der Waals surface area contributed by atoms with Gasteiger partial charge in [0.15, 0.2) is 6.61 Å². The second-order valence-electron chi connectivity index (χ2n) is 6.73. The van der Waals surface area contributed by atoms with E-state index in [0.717, 1.165) is 17.7 Å². The minimum Gasteiger partial charge on any atom is -0.497 e. The molecule has 156 valence electrons. The van der Waals surface area contributed by atoms with Gasteiger partial charge in [0, 0.05) is 13.1 Å². The summed E-state index contributed by atoms with van der Waals surface area (Å²) in [4.78, 5) is 26.8. The summed E-state index contributed by atoms with van der Waals surface area (Å²) in [7, 11) is 1.60. The van der Waals surface area contributed by atoms with Crippen molar-refractivity contribution in [3.05, 3.63) is 59.7 Å². The number of carbonyl (C=O) groups excluding carboxylic acids is 2. The Morgan fingerprint density at radius 3 is 2.10 bits per heavy atom. The van der Waals surface area contributed by atoms with E-state index in [1.165, 1.54) is 10.5 Å². The fraction of sp³-hybridized carbons (Fsp3) is 0.391. The van der Waals surface area contributed by atoms with E-state index in [1.54, 1.807) is 14.0 Å². The average Bonchev–Trinajstić information content (AvgIpc) is 2.76. The van der Waals surface area contributed by atoms with Crippen molar-refractivity contribution in [1.29, 1.82) is 0 Å². The van der Waals surface area contributed by atoms with E-state index in [-0.39, 0.29) is 18.4 Å². The minimum atomic E-state index is -0.615. The highest BCUT2D eigenvalue weighted by atomic mass is 16.5. The van der Waals surface area contributed by atoms with Gasteiger partial charge in [-0.3, -0.25) is 9.59 Å². The molecule has 2 amide bonds. The summed E-state index contributed by atoms with van der Waals surface area (Å²) in [5, 5.41) is 2.78. The number of carbonyl (C=O) groups is 2. The third kappa shape index (κ3) is 6.52. The largest absolute Gasteiger partial charge is 0.497 e. The summed E-state index contributed by atoms with van der Waals surface area (Å²) in [5.41, 5.74) is 2.11. The molecule has 2 aromatic carbocycles. The molecule has 0 aromatic heterocycles. The zero-order chi connectivity index (χ0) is 21.2. The van der Waals surface area contributed by atoms with Gasteiger partial charge in [-0.1, -0.05) is 31.2 Å². The molecule has 0 aliphatic heterocycles. The predicted molar refractivity (Wildman–Crippen MR) is 113 cm³/mol. The number of amides is 2. The SMILES string of the molecule is CCNC(=O)[C@H](C)N(Cc1ccc(OC)cc1)C(=O)COc1ccc(CC)cc1. The van der Waals surface area contributed by atoms with E-state index >= 15 is 0 Å². The number of aryl methyl sites for hydroxylation is 1. The first-order valence-corrected chi connectivity index (χ1v) is 9.90. The molecule has 1 N–H and O–H groups in total. The Morgan fingerprint density at radius 2 is 1.55 bits per heavy atom. The summed E-state index contributed by atoms with van der Waals surface area (Å²) in [6.45, 7) is 6.34. The molecule has 0 bridgehead atoms. The van der Waals surface area contributed by atoms with Gasteiger partial charge in [0.25, 0.3) is 5.91 Å². The highest BCUT2D eigenvalue weighted by Crippen LogP contribution is 2.16. The van der Waals surface area contributed by atoms with Crippen molar-refractivity contribution in [3.63, 3.8) is 0 Å². The Labute approximate surface area is 172 Å². The molecule has 2 rings (SSSR count). The number of benzene rings is 2. The van der Waals surface area contributed by atoms with E-state index in [2.05, 4.69) is 12.2 Å². The average molecular weight is 399 g/mol. The van der Waals surface area contributed by atoms with Gasteiger partial charge in [-0.25, -0.2) is 0 Å². The van der Waals surface area contributed by atoms with Crippen LogP contribution >= 0.6 is 0 Å². The molecule has 29 heavy (non-hydrogen) atoms. The van der Waals surface area contributed by atoms with Crippen LogP contribution in [0.5, 0.6) is 11.5 Å². The second kappa shape index (κ2) is 11.1. The third-order valence-electron chi connectivity index (χ3n) is 4.72. The number of rotatable bonds is 10. The van der Waals surface area contributed by atoms with Crippen molar-refractivity contribution in [3.8, 4) is 11.5 Å². The molecule has 0 unspecified atom stereocenters. The number of nitrogens with one attached hydrogen (secondary N) is 1. The van der Waals surface area contributed by atoms with E-state index in [0.29, 0.717) is 18.8 Å². The molecule has 0 spiro atoms. The van der Waals surface area contributed by atoms with E-state index < -0.39 is 6.04 Å². The lowest BCUT2D eigenvalue weighted by Crippen LogP contribution is -2.49. The van der Waals surface area contributed by atoms with Crippen LogP contribution in [0.25, 0.3) is 0 Å². The molecular weight excluding hydrogens is 368 g/mol. The van der Waals surface area contributed by atoms with Gasteiger partial charge >= 0.3 is 0 Å². The lowest BCUT2D eigenvalue weighted by Gasteiger charge is -2.28. The topological polar surface area (TPSA) is 67.9 Å². The van der Waals surface area contributed by atoms with Gasteiger partial charge in [-0.15, -0.1) is 0 Å². The van der Waals surface area contributed by atoms with Crippen LogP contribution in [0.2, 0.25) is 0 Å². The number of nitrogens with zero attached hydrogens (tertiary/aromatic N) is 1. The highest BCUT2D eigenvalue weighted by Gasteiger charge is 2.26. The highest BCUT2D eigenvalue weighted by molar-refractivity contribution is 5.87. The Hall–Kier alpha value is -3.02. The molecule has 0 aliphatic rings. The van der Waals surface area contributed by atoms with Crippen LogP contribution in [0, 0.1) is 0 Å². The molecule has 0 heterocycles. The molecule has 2 aromatic rings. The number of hydrogen-bond donors (Lipinski definition) is 1. The van der Waals surface area contributed by atoms with Gasteiger partial charge in [0.1, 0.15) is 17.5 Å². The smallest absolute Gasteiger partial charge is 0.261 e. The molecule has 0 saturated carbocycles. The van der Waals surface area contributed by atoms with Gasteiger partial charge in [0.2, 0.25) is 5.91 Å². The standard InChI is InChI=1S/C23H30N2O4/c1-5-18-7-13-21(14-8-18)29-16-22(26)25(17(3)23(27)24-6-2)15-19-9-11-20(28-4)12-10-19/h7-14,17H,5-6,15-16H2,1-4H3,(H,24,27)/t17-/m0/s1. The van der Waals surface area contributed by atoms with Gasteiger partial charge in [-0.2, -0.15) is 0 Å². The number of likely N-dealkylation sites (N-methyl/N-ethyl adjacent to an activating group) is 1. The Bertz CT molecular complexity index is 788. The van der Waals surface area contributed by atoms with Crippen molar-refractivity contribution >= 4 is 11.8 Å². The molecular formula is C23H30N2O4. The van der Waals surface area contributed by atoms with Crippen LogP contribution < -0.4 is 14.8 Å². The molecule has 0 fully saturated rings. The van der Waals surface area contributed by atoms with Crippen LogP contribution in [0.1, 0.15) is 31.9 Å². The quantitative estimate of drug-likeness (QED) is 0.667. The van der Waals surface area contributed by atoms with Crippen LogP contribution in [0.3, 0.4) is 0 Å². The van der Waals surface area contributed by atoms with Crippen molar-refractivity contribution in [1.82, 2.24) is 10.2 Å². The maximum absolute atomic E-state index is 12.9. The maximum Gasteiger partial charge on any atom is 0.261 e. The summed E-state index contributed by atoms with van der Waals surface area (Å²) >= 11 is 0. The first-order chi connectivity index (χ1) is 14.0. The summed E-state index contributed by atoms with van der Waals surface area (Å²) in [6, 6.07) is 14.5. The molecule has 0 aliphatic carbocycles. The Kier molecular flexibility index (Phi) is 8.52. The van der Waals surface area contributed by atoms with Crippen LogP contribution in [-0.4, -0.2) is 43.0 Å². The van der Waals surface area contributed by atoms with Crippen molar-refractivity contribution in [2.75, 3.05) is 20.3 Å². The zero-order valence-corrected chi connectivity index (χ0v) is 17.6. The summed E-state index contributed by atoms with van der Waals surface area (Å²) in [5.74, 6) is 0.925. The van der Waals surface area contributed by atoms with Gasteiger partial charge in [-0.05, 0) is 55.7 Å². The second-order valence-corrected chi connectivity index (χ2v) is 6.73. The van der Waals surface area contributed by atoms with E-state index in [4.69, 9.17) is 9.47 Å². The Balaban J connectivity index is 2.10. The number of hydrogen-bond acceptors (Lipinski definition) is 4. The van der Waals surface area contributed by atoms with Crippen LogP contribution in [0.15, 0.2) is 48.5 Å². The lowest BCUT2D eigenvalue weighted by molar-refractivity contribution is -0.142. The monoisotopic (exact) mass is 398 g/mol. The van der Waals surface area contributed by atoms with E-state index in [9.17, 15) is 9.59 Å². The van der Waals surface area contributed by atoms with Crippen molar-refractivity contribution in [2.45, 2.75) is 39.8 Å². The fourth-order valence-corrected chi connectivity index (χ4v) is 2.88. The normalized spacial score (nSPS) is 11.4. The van der Waals surface area contributed by atoms with Crippen molar-refractivity contribution in [2.24, 2.45) is 0 Å². The predicted octanol–water partition coefficient (Wildman–Crippen LogP) is 3.19. The van der Waals surface area contributed by atoms with Gasteiger partial charge in [0.05, 0.1) is 7.11 Å². The van der Waals surface area contributed by atoms with E-state index in [1.807, 2.05) is 55.5 Å².